The van der Waals surface area contributed by atoms with Crippen LogP contribution in [0.4, 0.5) is 5.69 Å². The van der Waals surface area contributed by atoms with Gasteiger partial charge in [0.25, 0.3) is 5.89 Å². The lowest BCUT2D eigenvalue weighted by Crippen LogP contribution is -2.13. The van der Waals surface area contributed by atoms with Crippen LogP contribution in [-0.4, -0.2) is 27.0 Å². The van der Waals surface area contributed by atoms with Gasteiger partial charge in [-0.25, -0.2) is 9.78 Å². The molecule has 0 saturated heterocycles. The van der Waals surface area contributed by atoms with Crippen LogP contribution < -0.4 is 5.32 Å². The second-order valence-corrected chi connectivity index (χ2v) is 4.20. The molecule has 2 N–H and O–H groups in total. The monoisotopic (exact) mass is 283 g/mol. The van der Waals surface area contributed by atoms with Crippen LogP contribution >= 0.6 is 0 Å². The van der Waals surface area contributed by atoms with E-state index in [-0.39, 0.29) is 17.1 Å². The second kappa shape index (κ2) is 5.04. The number of oxazole rings is 1. The number of hydrogen-bond acceptors (Lipinski definition) is 5. The van der Waals surface area contributed by atoms with Gasteiger partial charge in [0.2, 0.25) is 0 Å². The summed E-state index contributed by atoms with van der Waals surface area (Å²) in [7, 11) is 0. The number of benzene rings is 1. The molecule has 7 nitrogen and oxygen atoms in total. The van der Waals surface area contributed by atoms with E-state index in [4.69, 9.17) is 9.52 Å². The summed E-state index contributed by atoms with van der Waals surface area (Å²) in [5.74, 6) is -1.78. The van der Waals surface area contributed by atoms with Gasteiger partial charge in [0.05, 0.1) is 23.0 Å². The summed E-state index contributed by atoms with van der Waals surface area (Å²) in [4.78, 5) is 31.0. The smallest absolute Gasteiger partial charge is 0.335 e. The van der Waals surface area contributed by atoms with Crippen LogP contribution in [0.5, 0.6) is 0 Å². The van der Waals surface area contributed by atoms with Crippen molar-refractivity contribution in [2.45, 2.75) is 0 Å². The van der Waals surface area contributed by atoms with Gasteiger partial charge in [0, 0.05) is 11.6 Å². The Balaban J connectivity index is 2.08. The summed E-state index contributed by atoms with van der Waals surface area (Å²) >= 11 is 0. The maximum atomic E-state index is 12.0. The minimum Gasteiger partial charge on any atom is -0.478 e. The van der Waals surface area contributed by atoms with Crippen molar-refractivity contribution in [2.24, 2.45) is 0 Å². The lowest BCUT2D eigenvalue weighted by molar-refractivity contribution is 0.0696. The SMILES string of the molecule is O=C(O)c1cc(NC(=O)c2ncco2)c2ncccc2c1. The molecule has 0 aliphatic heterocycles. The number of anilines is 1. The predicted molar refractivity (Wildman–Crippen MR) is 73.2 cm³/mol. The number of rotatable bonds is 3. The van der Waals surface area contributed by atoms with Gasteiger partial charge >= 0.3 is 11.9 Å². The zero-order valence-corrected chi connectivity index (χ0v) is 10.6. The molecule has 2 heterocycles. The summed E-state index contributed by atoms with van der Waals surface area (Å²) in [5, 5.41) is 12.3. The van der Waals surface area contributed by atoms with E-state index in [2.05, 4.69) is 15.3 Å². The first-order chi connectivity index (χ1) is 10.1. The lowest BCUT2D eigenvalue weighted by atomic mass is 10.1. The minimum absolute atomic E-state index is 0.0539. The number of carboxylic acids is 1. The number of fused-ring (bicyclic) bond motifs is 1. The molecule has 104 valence electrons. The van der Waals surface area contributed by atoms with Crippen LogP contribution in [0.1, 0.15) is 21.0 Å². The number of carbonyl (C=O) groups is 2. The number of nitrogens with zero attached hydrogens (tertiary/aromatic N) is 2. The number of nitrogens with one attached hydrogen (secondary N) is 1. The molecular weight excluding hydrogens is 274 g/mol. The topological polar surface area (TPSA) is 105 Å². The zero-order valence-electron chi connectivity index (χ0n) is 10.6. The van der Waals surface area contributed by atoms with Crippen LogP contribution in [0.25, 0.3) is 10.9 Å². The molecular formula is C14H9N3O4. The molecule has 7 heteroatoms. The van der Waals surface area contributed by atoms with Crippen LogP contribution in [0.15, 0.2) is 47.3 Å². The third-order valence-corrected chi connectivity index (χ3v) is 2.83. The Morgan fingerprint density at radius 1 is 1.19 bits per heavy atom. The molecule has 21 heavy (non-hydrogen) atoms. The van der Waals surface area contributed by atoms with Gasteiger partial charge in [-0.3, -0.25) is 9.78 Å². The molecule has 0 atom stereocenters. The van der Waals surface area contributed by atoms with Crippen molar-refractivity contribution in [1.29, 1.82) is 0 Å². The molecule has 0 unspecified atom stereocenters. The highest BCUT2D eigenvalue weighted by Gasteiger charge is 2.15. The van der Waals surface area contributed by atoms with Gasteiger partial charge in [0.15, 0.2) is 0 Å². The minimum atomic E-state index is -1.09. The Kier molecular flexibility index (Phi) is 3.07. The van der Waals surface area contributed by atoms with Gasteiger partial charge in [-0.15, -0.1) is 0 Å². The summed E-state index contributed by atoms with van der Waals surface area (Å²) in [6.07, 6.45) is 4.18. The molecule has 0 fully saturated rings. The number of hydrogen-bond donors (Lipinski definition) is 2. The van der Waals surface area contributed by atoms with Crippen LogP contribution in [0.2, 0.25) is 0 Å². The van der Waals surface area contributed by atoms with E-state index in [0.717, 1.165) is 0 Å². The highest BCUT2D eigenvalue weighted by molar-refractivity contribution is 6.08. The number of carboxylic acid groups (broad SMARTS) is 1. The molecule has 0 aliphatic rings. The molecule has 0 aliphatic carbocycles. The van der Waals surface area contributed by atoms with E-state index in [9.17, 15) is 9.59 Å². The summed E-state index contributed by atoms with van der Waals surface area (Å²) in [6, 6.07) is 6.24. The summed E-state index contributed by atoms with van der Waals surface area (Å²) in [5.41, 5.74) is 0.828. The van der Waals surface area contributed by atoms with Gasteiger partial charge in [0.1, 0.15) is 6.26 Å². The summed E-state index contributed by atoms with van der Waals surface area (Å²) in [6.45, 7) is 0. The van der Waals surface area contributed by atoms with Crippen LogP contribution in [-0.2, 0) is 0 Å². The lowest BCUT2D eigenvalue weighted by Gasteiger charge is -2.08. The first kappa shape index (κ1) is 12.8. The van der Waals surface area contributed by atoms with Crippen molar-refractivity contribution in [3.05, 3.63) is 54.4 Å². The van der Waals surface area contributed by atoms with E-state index < -0.39 is 11.9 Å². The number of aromatic nitrogens is 2. The van der Waals surface area contributed by atoms with Crippen LogP contribution in [0, 0.1) is 0 Å². The Morgan fingerprint density at radius 3 is 2.76 bits per heavy atom. The fourth-order valence-corrected chi connectivity index (χ4v) is 1.92. The van der Waals surface area contributed by atoms with Crippen molar-refractivity contribution < 1.29 is 19.1 Å². The number of pyridine rings is 1. The van der Waals surface area contributed by atoms with Crippen molar-refractivity contribution in [3.8, 4) is 0 Å². The zero-order chi connectivity index (χ0) is 14.8. The van der Waals surface area contributed by atoms with Gasteiger partial charge in [-0.1, -0.05) is 6.07 Å². The summed E-state index contributed by atoms with van der Waals surface area (Å²) < 4.78 is 4.90. The average molecular weight is 283 g/mol. The first-order valence-corrected chi connectivity index (χ1v) is 5.98. The molecule has 3 rings (SSSR count). The third-order valence-electron chi connectivity index (χ3n) is 2.83. The Bertz CT molecular complexity index is 827. The fourth-order valence-electron chi connectivity index (χ4n) is 1.92. The largest absolute Gasteiger partial charge is 0.478 e. The number of carbonyl (C=O) groups excluding carboxylic acids is 1. The van der Waals surface area contributed by atoms with E-state index in [1.807, 2.05) is 0 Å². The molecule has 3 aromatic rings. The van der Waals surface area contributed by atoms with Crippen molar-refractivity contribution in [1.82, 2.24) is 9.97 Å². The first-order valence-electron chi connectivity index (χ1n) is 5.98. The van der Waals surface area contributed by atoms with Crippen molar-refractivity contribution >= 4 is 28.5 Å². The Morgan fingerprint density at radius 2 is 2.05 bits per heavy atom. The quantitative estimate of drug-likeness (QED) is 0.763. The van der Waals surface area contributed by atoms with Gasteiger partial charge < -0.3 is 14.8 Å². The normalized spacial score (nSPS) is 10.5. The second-order valence-electron chi connectivity index (χ2n) is 4.20. The van der Waals surface area contributed by atoms with E-state index in [1.54, 1.807) is 18.3 Å². The average Bonchev–Trinajstić information content (AvgIpc) is 3.01. The van der Waals surface area contributed by atoms with Crippen molar-refractivity contribution in [2.75, 3.05) is 5.32 Å². The van der Waals surface area contributed by atoms with Crippen LogP contribution in [0.3, 0.4) is 0 Å². The molecule has 1 aromatic carbocycles. The van der Waals surface area contributed by atoms with E-state index in [1.165, 1.54) is 24.6 Å². The fraction of sp³-hybridized carbons (Fsp3) is 0. The van der Waals surface area contributed by atoms with E-state index in [0.29, 0.717) is 10.9 Å². The maximum Gasteiger partial charge on any atom is 0.335 e. The van der Waals surface area contributed by atoms with Crippen molar-refractivity contribution in [3.63, 3.8) is 0 Å². The number of aromatic carboxylic acids is 1. The Hall–Kier alpha value is -3.22. The molecule has 0 radical (unpaired) electrons. The molecule has 0 bridgehead atoms. The number of amides is 1. The van der Waals surface area contributed by atoms with Gasteiger partial charge in [-0.05, 0) is 18.2 Å². The highest BCUT2D eigenvalue weighted by atomic mass is 16.4. The van der Waals surface area contributed by atoms with E-state index >= 15 is 0 Å². The van der Waals surface area contributed by atoms with Gasteiger partial charge in [-0.2, -0.15) is 0 Å². The predicted octanol–water partition coefficient (Wildman–Crippen LogP) is 2.17. The molecule has 0 saturated carbocycles. The standard InChI is InChI=1S/C14H9N3O4/c18-12(13-16-4-5-21-13)17-10-7-9(14(19)20)6-8-2-1-3-15-11(8)10/h1-7H,(H,17,18)(H,19,20). The Labute approximate surface area is 118 Å². The maximum absolute atomic E-state index is 12.0. The molecule has 1 amide bonds. The molecule has 0 spiro atoms. The molecule has 2 aromatic heterocycles. The third kappa shape index (κ3) is 2.44. The highest BCUT2D eigenvalue weighted by Crippen LogP contribution is 2.24.